The fourth-order valence-corrected chi connectivity index (χ4v) is 4.54. The molecule has 1 N–H and O–H groups in total. The molecule has 4 rings (SSSR count). The highest BCUT2D eigenvalue weighted by atomic mass is 16.6. The van der Waals surface area contributed by atoms with E-state index in [0.29, 0.717) is 18.8 Å². The van der Waals surface area contributed by atoms with Gasteiger partial charge >= 0.3 is 11.9 Å². The number of nitro benzene ring substituents is 1. The molecule has 2 aliphatic rings. The molecule has 2 heterocycles. The van der Waals surface area contributed by atoms with Gasteiger partial charge < -0.3 is 24.2 Å². The number of ether oxygens (including phenoxy) is 3. The van der Waals surface area contributed by atoms with Gasteiger partial charge in [0, 0.05) is 24.1 Å². The molecule has 2 atom stereocenters. The predicted octanol–water partition coefficient (Wildman–Crippen LogP) is 3.11. The van der Waals surface area contributed by atoms with E-state index in [9.17, 15) is 30.1 Å². The van der Waals surface area contributed by atoms with Crippen LogP contribution in [0.25, 0.3) is 5.57 Å². The maximum Gasteiger partial charge on any atom is 0.341 e. The van der Waals surface area contributed by atoms with Crippen LogP contribution in [0.4, 0.5) is 5.69 Å². The SMILES string of the molecule is COC(=O)C1=C(C#N)N(CCOc2ccccc2CC2CO2)C(C)C(C(=O)O)=C1c1cccc([N+](=O)[O-])c1. The number of aliphatic carboxylic acids is 1. The van der Waals surface area contributed by atoms with Gasteiger partial charge in [-0.3, -0.25) is 10.1 Å². The number of nitrogens with zero attached hydrogens (tertiary/aromatic N) is 3. The van der Waals surface area contributed by atoms with E-state index in [2.05, 4.69) is 0 Å². The molecule has 0 spiro atoms. The van der Waals surface area contributed by atoms with Crippen molar-refractivity contribution in [1.82, 2.24) is 4.90 Å². The third-order valence-electron chi connectivity index (χ3n) is 6.41. The third kappa shape index (κ3) is 5.35. The molecular weight excluding hydrogens is 494 g/mol. The Hall–Kier alpha value is -4.69. The summed E-state index contributed by atoms with van der Waals surface area (Å²) in [5, 5.41) is 31.7. The van der Waals surface area contributed by atoms with E-state index in [0.717, 1.165) is 12.7 Å². The first-order valence-corrected chi connectivity index (χ1v) is 11.8. The fourth-order valence-electron chi connectivity index (χ4n) is 4.54. The molecule has 2 unspecified atom stereocenters. The zero-order valence-corrected chi connectivity index (χ0v) is 20.7. The Labute approximate surface area is 218 Å². The highest BCUT2D eigenvalue weighted by Crippen LogP contribution is 2.39. The number of hydrogen-bond acceptors (Lipinski definition) is 9. The van der Waals surface area contributed by atoms with E-state index in [1.54, 1.807) is 6.92 Å². The summed E-state index contributed by atoms with van der Waals surface area (Å²) in [5.74, 6) is -1.62. The standard InChI is InChI=1S/C27H25N3O8/c1-16-23(26(31)32)24(18-7-5-8-19(12-18)30(34)35)25(27(33)36-2)21(14-28)29(16)10-11-37-22-9-4-3-6-17(22)13-20-15-38-20/h3-9,12,16,20H,10-11,13,15H2,1-2H3,(H,31,32). The van der Waals surface area contributed by atoms with Crippen LogP contribution in [0.1, 0.15) is 18.1 Å². The zero-order valence-electron chi connectivity index (χ0n) is 20.7. The number of carboxylic acids is 1. The maximum absolute atomic E-state index is 12.9. The van der Waals surface area contributed by atoms with Crippen molar-refractivity contribution < 1.29 is 33.8 Å². The average molecular weight is 520 g/mol. The van der Waals surface area contributed by atoms with Gasteiger partial charge in [-0.1, -0.05) is 30.3 Å². The van der Waals surface area contributed by atoms with Gasteiger partial charge in [0.1, 0.15) is 29.7 Å². The Morgan fingerprint density at radius 2 is 2.00 bits per heavy atom. The van der Waals surface area contributed by atoms with E-state index >= 15 is 0 Å². The molecule has 0 saturated carbocycles. The summed E-state index contributed by atoms with van der Waals surface area (Å²) in [7, 11) is 1.11. The van der Waals surface area contributed by atoms with Gasteiger partial charge in [0.15, 0.2) is 0 Å². The van der Waals surface area contributed by atoms with Crippen LogP contribution >= 0.6 is 0 Å². The Morgan fingerprint density at radius 3 is 2.63 bits per heavy atom. The minimum Gasteiger partial charge on any atom is -0.491 e. The summed E-state index contributed by atoms with van der Waals surface area (Å²) in [6.45, 7) is 2.46. The number of esters is 1. The van der Waals surface area contributed by atoms with E-state index in [1.165, 1.54) is 29.2 Å². The van der Waals surface area contributed by atoms with Crippen LogP contribution in [0.3, 0.4) is 0 Å². The van der Waals surface area contributed by atoms with Gasteiger partial charge in [-0.25, -0.2) is 9.59 Å². The molecule has 0 aliphatic carbocycles. The lowest BCUT2D eigenvalue weighted by Crippen LogP contribution is -2.43. The topological polar surface area (TPSA) is 156 Å². The molecule has 0 radical (unpaired) electrons. The van der Waals surface area contributed by atoms with Crippen LogP contribution in [0, 0.1) is 21.4 Å². The molecule has 11 heteroatoms. The monoisotopic (exact) mass is 519 g/mol. The lowest BCUT2D eigenvalue weighted by atomic mass is 9.84. The largest absolute Gasteiger partial charge is 0.491 e. The number of para-hydroxylation sites is 1. The van der Waals surface area contributed by atoms with Gasteiger partial charge in [-0.05, 0) is 24.1 Å². The number of hydrogen-bond donors (Lipinski definition) is 1. The molecule has 0 aromatic heterocycles. The van der Waals surface area contributed by atoms with Gasteiger partial charge in [-0.15, -0.1) is 0 Å². The van der Waals surface area contributed by atoms with E-state index in [-0.39, 0.29) is 52.9 Å². The summed E-state index contributed by atoms with van der Waals surface area (Å²) in [5.41, 5.74) is 0.105. The van der Waals surface area contributed by atoms with E-state index < -0.39 is 22.9 Å². The summed E-state index contributed by atoms with van der Waals surface area (Å²) < 4.78 is 16.2. The van der Waals surface area contributed by atoms with Crippen molar-refractivity contribution in [1.29, 1.82) is 5.26 Å². The normalized spacial score (nSPS) is 18.6. The first-order valence-electron chi connectivity index (χ1n) is 11.8. The Bertz CT molecular complexity index is 1390. The number of epoxide rings is 1. The molecule has 1 fully saturated rings. The summed E-state index contributed by atoms with van der Waals surface area (Å²) in [6, 6.07) is 13.9. The van der Waals surface area contributed by atoms with Crippen LogP contribution in [0.2, 0.25) is 0 Å². The van der Waals surface area contributed by atoms with Crippen molar-refractivity contribution >= 4 is 23.2 Å². The molecule has 0 bridgehead atoms. The Morgan fingerprint density at radius 1 is 1.26 bits per heavy atom. The van der Waals surface area contributed by atoms with Crippen molar-refractivity contribution in [2.75, 3.05) is 26.9 Å². The molecule has 1 saturated heterocycles. The average Bonchev–Trinajstić information content (AvgIpc) is 3.73. The quantitative estimate of drug-likeness (QED) is 0.214. The number of rotatable bonds is 10. The number of allylic oxidation sites excluding steroid dienone is 1. The van der Waals surface area contributed by atoms with Crippen molar-refractivity contribution in [2.45, 2.75) is 25.5 Å². The molecule has 2 aromatic rings. The van der Waals surface area contributed by atoms with Crippen molar-refractivity contribution in [3.05, 3.63) is 86.6 Å². The maximum atomic E-state index is 12.9. The molecule has 196 valence electrons. The van der Waals surface area contributed by atoms with Crippen LogP contribution in [0.5, 0.6) is 5.75 Å². The Balaban J connectivity index is 1.72. The molecular formula is C27H25N3O8. The van der Waals surface area contributed by atoms with Gasteiger partial charge in [0.25, 0.3) is 5.69 Å². The van der Waals surface area contributed by atoms with Gasteiger partial charge in [0.2, 0.25) is 0 Å². The summed E-state index contributed by atoms with van der Waals surface area (Å²) >= 11 is 0. The predicted molar refractivity (Wildman–Crippen MR) is 134 cm³/mol. The minimum atomic E-state index is -1.34. The molecule has 2 aliphatic heterocycles. The zero-order chi connectivity index (χ0) is 27.4. The second-order valence-electron chi connectivity index (χ2n) is 8.71. The van der Waals surface area contributed by atoms with Crippen molar-refractivity contribution in [3.63, 3.8) is 0 Å². The molecule has 11 nitrogen and oxygen atoms in total. The molecule has 0 amide bonds. The number of methoxy groups -OCH3 is 1. The smallest absolute Gasteiger partial charge is 0.341 e. The first-order chi connectivity index (χ1) is 18.3. The number of carboxylic acid groups (broad SMARTS) is 1. The van der Waals surface area contributed by atoms with Crippen LogP contribution in [0.15, 0.2) is 65.4 Å². The second kappa shape index (κ2) is 11.1. The first kappa shape index (κ1) is 26.4. The number of nitriles is 1. The number of non-ortho nitro benzene ring substituents is 1. The number of carbonyl (C=O) groups excluding carboxylic acids is 1. The highest BCUT2D eigenvalue weighted by Gasteiger charge is 2.40. The molecule has 38 heavy (non-hydrogen) atoms. The summed E-state index contributed by atoms with van der Waals surface area (Å²) in [6.07, 6.45) is 0.859. The van der Waals surface area contributed by atoms with E-state index in [1.807, 2.05) is 30.3 Å². The highest BCUT2D eigenvalue weighted by molar-refractivity contribution is 6.14. The minimum absolute atomic E-state index is 0.0812. The van der Waals surface area contributed by atoms with E-state index in [4.69, 9.17) is 14.2 Å². The van der Waals surface area contributed by atoms with Gasteiger partial charge in [-0.2, -0.15) is 5.26 Å². The summed E-state index contributed by atoms with van der Waals surface area (Å²) in [4.78, 5) is 37.7. The Kier molecular flexibility index (Phi) is 7.74. The number of benzene rings is 2. The number of carbonyl (C=O) groups is 2. The van der Waals surface area contributed by atoms with Crippen molar-refractivity contribution in [3.8, 4) is 11.8 Å². The fraction of sp³-hybridized carbons (Fsp3) is 0.296. The van der Waals surface area contributed by atoms with Crippen LogP contribution in [-0.4, -0.2) is 65.9 Å². The second-order valence-corrected chi connectivity index (χ2v) is 8.71. The lowest BCUT2D eigenvalue weighted by Gasteiger charge is -2.37. The molecule has 2 aromatic carbocycles. The van der Waals surface area contributed by atoms with Crippen LogP contribution < -0.4 is 4.74 Å². The van der Waals surface area contributed by atoms with Crippen molar-refractivity contribution in [2.24, 2.45) is 0 Å². The lowest BCUT2D eigenvalue weighted by molar-refractivity contribution is -0.384. The van der Waals surface area contributed by atoms with Gasteiger partial charge in [0.05, 0.1) is 42.9 Å². The van der Waals surface area contributed by atoms with Crippen LogP contribution in [-0.2, 0) is 25.5 Å². The number of nitro groups is 1. The third-order valence-corrected chi connectivity index (χ3v) is 6.41.